The number of hydrogen-bond acceptors (Lipinski definition) is 2. The maximum atomic E-state index is 9.36. The molecular formula is C14H18N2. The van der Waals surface area contributed by atoms with Gasteiger partial charge in [-0.05, 0) is 50.9 Å². The normalized spacial score (nSPS) is 18.3. The number of hydrogen-bond donors (Lipinski definition) is 0. The fourth-order valence-electron chi connectivity index (χ4n) is 2.40. The lowest BCUT2D eigenvalue weighted by molar-refractivity contribution is 0.293. The molecule has 1 aromatic carbocycles. The molecule has 1 aliphatic rings. The maximum Gasteiger partial charge on any atom is 0.124 e. The van der Waals surface area contributed by atoms with Gasteiger partial charge in [-0.2, -0.15) is 5.26 Å². The molecule has 0 N–H and O–H groups in total. The first-order valence-electron chi connectivity index (χ1n) is 5.93. The third-order valence-corrected chi connectivity index (χ3v) is 3.36. The predicted octanol–water partition coefficient (Wildman–Crippen LogP) is 2.96. The van der Waals surface area contributed by atoms with Crippen LogP contribution in [0, 0.1) is 25.2 Å². The van der Waals surface area contributed by atoms with E-state index >= 15 is 0 Å². The average Bonchev–Trinajstić information content (AvgIpc) is 2.78. The van der Waals surface area contributed by atoms with E-state index in [9.17, 15) is 5.26 Å². The Hall–Kier alpha value is -1.33. The summed E-state index contributed by atoms with van der Waals surface area (Å²) >= 11 is 0. The van der Waals surface area contributed by atoms with Gasteiger partial charge in [0, 0.05) is 0 Å². The van der Waals surface area contributed by atoms with Crippen LogP contribution in [0.5, 0.6) is 0 Å². The van der Waals surface area contributed by atoms with Crippen molar-refractivity contribution in [1.82, 2.24) is 4.90 Å². The molecule has 2 nitrogen and oxygen atoms in total. The Morgan fingerprint density at radius 3 is 2.56 bits per heavy atom. The smallest absolute Gasteiger partial charge is 0.124 e. The lowest BCUT2D eigenvalue weighted by atomic mass is 9.99. The Kier molecular flexibility index (Phi) is 3.26. The molecule has 0 spiro atoms. The van der Waals surface area contributed by atoms with Gasteiger partial charge < -0.3 is 0 Å². The second kappa shape index (κ2) is 4.67. The molecule has 0 aliphatic carbocycles. The molecule has 2 rings (SSSR count). The summed E-state index contributed by atoms with van der Waals surface area (Å²) in [6.07, 6.45) is 2.45. The quantitative estimate of drug-likeness (QED) is 0.756. The summed E-state index contributed by atoms with van der Waals surface area (Å²) in [5, 5.41) is 9.36. The summed E-state index contributed by atoms with van der Waals surface area (Å²) in [4.78, 5) is 2.29. The summed E-state index contributed by atoms with van der Waals surface area (Å²) in [6, 6.07) is 8.78. The summed E-state index contributed by atoms with van der Waals surface area (Å²) in [5.41, 5.74) is 3.65. The number of nitrogens with zero attached hydrogens (tertiary/aromatic N) is 2. The van der Waals surface area contributed by atoms with Crippen LogP contribution >= 0.6 is 0 Å². The molecule has 1 atom stereocenters. The van der Waals surface area contributed by atoms with E-state index in [4.69, 9.17) is 0 Å². The highest BCUT2D eigenvalue weighted by Crippen LogP contribution is 2.27. The van der Waals surface area contributed by atoms with Crippen LogP contribution in [0.3, 0.4) is 0 Å². The summed E-state index contributed by atoms with van der Waals surface area (Å²) < 4.78 is 0. The second-order valence-electron chi connectivity index (χ2n) is 4.63. The highest BCUT2D eigenvalue weighted by molar-refractivity contribution is 5.35. The number of likely N-dealkylation sites (tertiary alicyclic amines) is 1. The summed E-state index contributed by atoms with van der Waals surface area (Å²) in [7, 11) is 0. The molecule has 1 fully saturated rings. The molecule has 0 aromatic heterocycles. The van der Waals surface area contributed by atoms with Gasteiger partial charge in [-0.1, -0.05) is 23.8 Å². The van der Waals surface area contributed by atoms with E-state index in [0.29, 0.717) is 0 Å². The van der Waals surface area contributed by atoms with Gasteiger partial charge in [0.05, 0.1) is 6.07 Å². The van der Waals surface area contributed by atoms with Gasteiger partial charge in [0.1, 0.15) is 6.04 Å². The first-order chi connectivity index (χ1) is 7.72. The van der Waals surface area contributed by atoms with Gasteiger partial charge in [0.15, 0.2) is 0 Å². The van der Waals surface area contributed by atoms with Gasteiger partial charge in [-0.15, -0.1) is 0 Å². The zero-order chi connectivity index (χ0) is 11.5. The van der Waals surface area contributed by atoms with Crippen LogP contribution in [0.1, 0.15) is 35.6 Å². The van der Waals surface area contributed by atoms with Crippen molar-refractivity contribution in [2.45, 2.75) is 32.7 Å². The van der Waals surface area contributed by atoms with E-state index in [1.54, 1.807) is 0 Å². The molecule has 1 aromatic rings. The third kappa shape index (κ3) is 2.10. The van der Waals surface area contributed by atoms with E-state index in [1.807, 2.05) is 0 Å². The molecule has 1 unspecified atom stereocenters. The highest BCUT2D eigenvalue weighted by atomic mass is 15.2. The lowest BCUT2D eigenvalue weighted by Gasteiger charge is -2.23. The monoisotopic (exact) mass is 214 g/mol. The first kappa shape index (κ1) is 11.2. The second-order valence-corrected chi connectivity index (χ2v) is 4.63. The van der Waals surface area contributed by atoms with Gasteiger partial charge in [0.25, 0.3) is 0 Å². The molecule has 0 amide bonds. The molecule has 1 aliphatic heterocycles. The predicted molar refractivity (Wildman–Crippen MR) is 65.1 cm³/mol. The number of aryl methyl sites for hydroxylation is 2. The van der Waals surface area contributed by atoms with Crippen LogP contribution in [0.15, 0.2) is 18.2 Å². The third-order valence-electron chi connectivity index (χ3n) is 3.36. The molecule has 16 heavy (non-hydrogen) atoms. The van der Waals surface area contributed by atoms with Gasteiger partial charge in [-0.3, -0.25) is 4.90 Å². The maximum absolute atomic E-state index is 9.36. The van der Waals surface area contributed by atoms with Crippen molar-refractivity contribution in [2.24, 2.45) is 0 Å². The van der Waals surface area contributed by atoms with Crippen LogP contribution in [-0.4, -0.2) is 18.0 Å². The highest BCUT2D eigenvalue weighted by Gasteiger charge is 2.24. The molecule has 0 radical (unpaired) electrons. The lowest BCUT2D eigenvalue weighted by Crippen LogP contribution is -2.25. The minimum Gasteiger partial charge on any atom is -0.284 e. The molecule has 1 heterocycles. The number of benzene rings is 1. The van der Waals surface area contributed by atoms with Gasteiger partial charge >= 0.3 is 0 Å². The largest absolute Gasteiger partial charge is 0.284 e. The Morgan fingerprint density at radius 2 is 1.94 bits per heavy atom. The van der Waals surface area contributed by atoms with Crippen molar-refractivity contribution in [3.05, 3.63) is 34.9 Å². The van der Waals surface area contributed by atoms with E-state index in [1.165, 1.54) is 29.5 Å². The Labute approximate surface area is 97.5 Å². The first-order valence-corrected chi connectivity index (χ1v) is 5.93. The standard InChI is InChI=1S/C14H18N2/c1-11-5-6-12(2)13(9-11)14(10-15)16-7-3-4-8-16/h5-6,9,14H,3-4,7-8H2,1-2H3. The zero-order valence-corrected chi connectivity index (χ0v) is 10.0. The minimum absolute atomic E-state index is 0.0533. The Bertz CT molecular complexity index is 411. The molecule has 84 valence electrons. The number of nitriles is 1. The molecule has 0 bridgehead atoms. The molecule has 1 saturated heterocycles. The molecule has 0 saturated carbocycles. The van der Waals surface area contributed by atoms with Crippen LogP contribution < -0.4 is 0 Å². The van der Waals surface area contributed by atoms with Crippen LogP contribution in [0.4, 0.5) is 0 Å². The topological polar surface area (TPSA) is 27.0 Å². The molecule has 2 heteroatoms. The fraction of sp³-hybridized carbons (Fsp3) is 0.500. The van der Waals surface area contributed by atoms with Gasteiger partial charge in [0.2, 0.25) is 0 Å². The average molecular weight is 214 g/mol. The van der Waals surface area contributed by atoms with Crippen molar-refractivity contribution >= 4 is 0 Å². The summed E-state index contributed by atoms with van der Waals surface area (Å²) in [5.74, 6) is 0. The van der Waals surface area contributed by atoms with Crippen LogP contribution in [0.25, 0.3) is 0 Å². The Morgan fingerprint density at radius 1 is 1.25 bits per heavy atom. The van der Waals surface area contributed by atoms with Crippen molar-refractivity contribution in [3.63, 3.8) is 0 Å². The molecular weight excluding hydrogens is 196 g/mol. The minimum atomic E-state index is -0.0533. The van der Waals surface area contributed by atoms with Crippen molar-refractivity contribution in [3.8, 4) is 6.07 Å². The fourth-order valence-corrected chi connectivity index (χ4v) is 2.40. The van der Waals surface area contributed by atoms with E-state index in [2.05, 4.69) is 43.0 Å². The number of rotatable bonds is 2. The van der Waals surface area contributed by atoms with E-state index in [-0.39, 0.29) is 6.04 Å². The Balaban J connectivity index is 2.32. The van der Waals surface area contributed by atoms with E-state index < -0.39 is 0 Å². The van der Waals surface area contributed by atoms with Crippen molar-refractivity contribution in [2.75, 3.05) is 13.1 Å². The SMILES string of the molecule is Cc1ccc(C)c(C(C#N)N2CCCC2)c1. The van der Waals surface area contributed by atoms with Crippen molar-refractivity contribution in [1.29, 1.82) is 5.26 Å². The van der Waals surface area contributed by atoms with Crippen molar-refractivity contribution < 1.29 is 0 Å². The van der Waals surface area contributed by atoms with Crippen LogP contribution in [0.2, 0.25) is 0 Å². The van der Waals surface area contributed by atoms with E-state index in [0.717, 1.165) is 13.1 Å². The zero-order valence-electron chi connectivity index (χ0n) is 10.0. The van der Waals surface area contributed by atoms with Crippen LogP contribution in [-0.2, 0) is 0 Å². The summed E-state index contributed by atoms with van der Waals surface area (Å²) in [6.45, 7) is 6.30. The van der Waals surface area contributed by atoms with Gasteiger partial charge in [-0.25, -0.2) is 0 Å².